The quantitative estimate of drug-likeness (QED) is 0.793. The minimum atomic E-state index is -0.301. The Labute approximate surface area is 124 Å². The van der Waals surface area contributed by atoms with Crippen molar-refractivity contribution in [2.45, 2.75) is 39.1 Å². The van der Waals surface area contributed by atoms with Crippen LogP contribution in [0.5, 0.6) is 0 Å². The number of rotatable bonds is 4. The predicted molar refractivity (Wildman–Crippen MR) is 77.3 cm³/mol. The van der Waals surface area contributed by atoms with E-state index in [1.165, 1.54) is 6.08 Å². The van der Waals surface area contributed by atoms with Gasteiger partial charge in [-0.05, 0) is 12.8 Å². The average molecular weight is 291 g/mol. The Morgan fingerprint density at radius 2 is 1.95 bits per heavy atom. The molecule has 0 bridgehead atoms. The van der Waals surface area contributed by atoms with Gasteiger partial charge in [0.2, 0.25) is 5.91 Å². The number of carbonyl (C=O) groups excluding carboxylic acids is 2. The number of urea groups is 1. The molecule has 3 aliphatic heterocycles. The number of hydrogen-bond acceptors (Lipinski definition) is 4. The second kappa shape index (κ2) is 5.40. The molecular weight excluding hydrogens is 270 g/mol. The van der Waals surface area contributed by atoms with Crippen LogP contribution >= 0.6 is 0 Å². The van der Waals surface area contributed by atoms with Crippen LogP contribution in [0.2, 0.25) is 0 Å². The molecule has 0 aromatic carbocycles. The van der Waals surface area contributed by atoms with E-state index in [0.717, 1.165) is 18.5 Å². The molecular formula is C14H21N5O2. The van der Waals surface area contributed by atoms with Gasteiger partial charge in [0.05, 0.1) is 5.70 Å². The van der Waals surface area contributed by atoms with Crippen molar-refractivity contribution < 1.29 is 9.59 Å². The fourth-order valence-corrected chi connectivity index (χ4v) is 2.96. The standard InChI is InChI=1S/C14H21N5O2/c1-3-6-18-10-9-17-8-5-11(20)15-13(17)16-12(10)19(7-4-2)14(18)21/h5,8-9,12-13,16H,3-4,6-7H2,1-2H3,(H,15,20). The number of carbonyl (C=O) groups is 2. The van der Waals surface area contributed by atoms with E-state index in [0.29, 0.717) is 13.1 Å². The molecule has 0 aromatic rings. The Bertz CT molecular complexity index is 515. The van der Waals surface area contributed by atoms with Crippen molar-refractivity contribution in [1.82, 2.24) is 25.3 Å². The van der Waals surface area contributed by atoms with E-state index in [9.17, 15) is 9.59 Å². The second-order valence-corrected chi connectivity index (χ2v) is 5.42. The lowest BCUT2D eigenvalue weighted by molar-refractivity contribution is -0.119. The maximum absolute atomic E-state index is 12.6. The summed E-state index contributed by atoms with van der Waals surface area (Å²) in [5.41, 5.74) is 0.951. The zero-order chi connectivity index (χ0) is 15.0. The molecule has 114 valence electrons. The van der Waals surface area contributed by atoms with Crippen LogP contribution in [0.25, 0.3) is 0 Å². The molecule has 0 saturated carbocycles. The highest BCUT2D eigenvalue weighted by molar-refractivity contribution is 5.88. The van der Waals surface area contributed by atoms with Crippen LogP contribution in [0.3, 0.4) is 0 Å². The monoisotopic (exact) mass is 291 g/mol. The van der Waals surface area contributed by atoms with Crippen molar-refractivity contribution >= 4 is 11.9 Å². The first-order chi connectivity index (χ1) is 10.2. The third kappa shape index (κ3) is 2.27. The number of hydrogen-bond donors (Lipinski definition) is 2. The summed E-state index contributed by atoms with van der Waals surface area (Å²) in [6.45, 7) is 5.52. The molecule has 0 spiro atoms. The summed E-state index contributed by atoms with van der Waals surface area (Å²) in [7, 11) is 0. The van der Waals surface area contributed by atoms with Crippen molar-refractivity contribution in [3.05, 3.63) is 24.2 Å². The predicted octanol–water partition coefficient (Wildman–Crippen LogP) is 0.544. The number of fused-ring (bicyclic) bond motifs is 2. The summed E-state index contributed by atoms with van der Waals surface area (Å²) in [5.74, 6) is -0.127. The second-order valence-electron chi connectivity index (χ2n) is 5.42. The van der Waals surface area contributed by atoms with E-state index in [4.69, 9.17) is 0 Å². The molecule has 3 rings (SSSR count). The van der Waals surface area contributed by atoms with Crippen LogP contribution in [0.4, 0.5) is 4.79 Å². The Morgan fingerprint density at radius 1 is 1.19 bits per heavy atom. The Balaban J connectivity index is 1.93. The first-order valence-corrected chi connectivity index (χ1v) is 7.47. The van der Waals surface area contributed by atoms with Crippen LogP contribution < -0.4 is 10.6 Å². The molecule has 2 atom stereocenters. The van der Waals surface area contributed by atoms with Crippen LogP contribution in [0.1, 0.15) is 26.7 Å². The Morgan fingerprint density at radius 3 is 2.67 bits per heavy atom. The summed E-state index contributed by atoms with van der Waals surface area (Å²) in [6.07, 6.45) is 6.51. The van der Waals surface area contributed by atoms with Gasteiger partial charge in [-0.2, -0.15) is 0 Å². The van der Waals surface area contributed by atoms with E-state index < -0.39 is 0 Å². The van der Waals surface area contributed by atoms with Gasteiger partial charge in [0.15, 0.2) is 6.29 Å². The van der Waals surface area contributed by atoms with Crippen molar-refractivity contribution in [2.24, 2.45) is 0 Å². The molecule has 0 aliphatic carbocycles. The van der Waals surface area contributed by atoms with Gasteiger partial charge in [-0.15, -0.1) is 0 Å². The molecule has 1 saturated heterocycles. The van der Waals surface area contributed by atoms with Gasteiger partial charge in [0, 0.05) is 31.6 Å². The van der Waals surface area contributed by atoms with Gasteiger partial charge in [0.25, 0.3) is 0 Å². The molecule has 7 heteroatoms. The summed E-state index contributed by atoms with van der Waals surface area (Å²) in [4.78, 5) is 29.6. The Kier molecular flexibility index (Phi) is 3.59. The third-order valence-electron chi connectivity index (χ3n) is 3.86. The van der Waals surface area contributed by atoms with Gasteiger partial charge < -0.3 is 15.1 Å². The van der Waals surface area contributed by atoms with Gasteiger partial charge >= 0.3 is 6.03 Å². The van der Waals surface area contributed by atoms with Gasteiger partial charge in [0.1, 0.15) is 6.17 Å². The van der Waals surface area contributed by atoms with Crippen LogP contribution in [-0.2, 0) is 4.79 Å². The van der Waals surface area contributed by atoms with Gasteiger partial charge in [-0.1, -0.05) is 13.8 Å². The molecule has 0 radical (unpaired) electrons. The SMILES string of the molecule is CCCN1C(=O)N(CCC)C2NC3NC(=O)C=CN3C=C21. The van der Waals surface area contributed by atoms with E-state index in [2.05, 4.69) is 24.5 Å². The minimum Gasteiger partial charge on any atom is -0.319 e. The smallest absolute Gasteiger partial charge is 0.319 e. The molecule has 3 heterocycles. The van der Waals surface area contributed by atoms with Gasteiger partial charge in [-0.25, -0.2) is 4.79 Å². The molecule has 7 nitrogen and oxygen atoms in total. The molecule has 3 aliphatic rings. The van der Waals surface area contributed by atoms with Gasteiger partial charge in [-0.3, -0.25) is 15.0 Å². The lowest BCUT2D eigenvalue weighted by atomic mass is 10.2. The molecule has 21 heavy (non-hydrogen) atoms. The van der Waals surface area contributed by atoms with Crippen molar-refractivity contribution in [3.63, 3.8) is 0 Å². The summed E-state index contributed by atoms with van der Waals surface area (Å²) in [5, 5.41) is 6.18. The molecule has 2 unspecified atom stereocenters. The fourth-order valence-electron chi connectivity index (χ4n) is 2.96. The van der Waals surface area contributed by atoms with E-state index in [1.54, 1.807) is 6.20 Å². The molecule has 3 amide bonds. The summed E-state index contributed by atoms with van der Waals surface area (Å²) < 4.78 is 0. The summed E-state index contributed by atoms with van der Waals surface area (Å²) in [6, 6.07) is 0.0394. The number of nitrogens with one attached hydrogen (secondary N) is 2. The normalized spacial score (nSPS) is 27.5. The largest absolute Gasteiger partial charge is 0.325 e. The van der Waals surface area contributed by atoms with Crippen molar-refractivity contribution in [2.75, 3.05) is 13.1 Å². The number of nitrogens with zero attached hydrogens (tertiary/aromatic N) is 3. The van der Waals surface area contributed by atoms with E-state index in [1.807, 2.05) is 20.9 Å². The maximum Gasteiger partial charge on any atom is 0.325 e. The molecule has 1 fully saturated rings. The van der Waals surface area contributed by atoms with E-state index in [-0.39, 0.29) is 24.4 Å². The Hall–Kier alpha value is -2.02. The highest BCUT2D eigenvalue weighted by atomic mass is 16.2. The zero-order valence-electron chi connectivity index (χ0n) is 12.4. The average Bonchev–Trinajstić information content (AvgIpc) is 2.71. The van der Waals surface area contributed by atoms with Crippen LogP contribution in [0.15, 0.2) is 24.2 Å². The lowest BCUT2D eigenvalue weighted by Gasteiger charge is -2.40. The van der Waals surface area contributed by atoms with Crippen molar-refractivity contribution in [1.29, 1.82) is 0 Å². The highest BCUT2D eigenvalue weighted by Gasteiger charge is 2.45. The maximum atomic E-state index is 12.6. The highest BCUT2D eigenvalue weighted by Crippen LogP contribution is 2.29. The zero-order valence-corrected chi connectivity index (χ0v) is 12.4. The molecule has 0 aromatic heterocycles. The van der Waals surface area contributed by atoms with E-state index >= 15 is 0 Å². The van der Waals surface area contributed by atoms with Crippen molar-refractivity contribution in [3.8, 4) is 0 Å². The minimum absolute atomic E-state index is 0.0394. The molecule has 2 N–H and O–H groups in total. The topological polar surface area (TPSA) is 67.9 Å². The van der Waals surface area contributed by atoms with Crippen LogP contribution in [-0.4, -0.2) is 52.2 Å². The first-order valence-electron chi connectivity index (χ1n) is 7.47. The lowest BCUT2D eigenvalue weighted by Crippen LogP contribution is -2.63. The first kappa shape index (κ1) is 13.9. The third-order valence-corrected chi connectivity index (χ3v) is 3.86. The van der Waals surface area contributed by atoms with Crippen LogP contribution in [0, 0.1) is 0 Å². The number of amides is 3. The fraction of sp³-hybridized carbons (Fsp3) is 0.571. The summed E-state index contributed by atoms with van der Waals surface area (Å²) >= 11 is 0.